The molecule has 2 atom stereocenters. The lowest BCUT2D eigenvalue weighted by molar-refractivity contribution is 0.265. The molecule has 2 unspecified atom stereocenters. The van der Waals surface area contributed by atoms with Gasteiger partial charge in [0.25, 0.3) is 0 Å². The third kappa shape index (κ3) is 11.6. The molecule has 2 aliphatic heterocycles. The zero-order chi connectivity index (χ0) is 52.1. The van der Waals surface area contributed by atoms with Gasteiger partial charge in [0, 0.05) is 72.2 Å². The lowest BCUT2D eigenvalue weighted by Crippen LogP contribution is -2.34. The van der Waals surface area contributed by atoms with Crippen molar-refractivity contribution in [2.45, 2.75) is 25.9 Å². The molecule has 6 heterocycles. The van der Waals surface area contributed by atoms with Crippen LogP contribution in [0.5, 0.6) is 34.5 Å². The molecule has 0 amide bonds. The summed E-state index contributed by atoms with van der Waals surface area (Å²) in [6, 6.07) is 17.9. The fourth-order valence-corrected chi connectivity index (χ4v) is 9.13. The third-order valence-electron chi connectivity index (χ3n) is 11.7. The van der Waals surface area contributed by atoms with E-state index < -0.39 is 0 Å². The number of nitrogens with two attached hydrogens (primary N) is 1. The summed E-state index contributed by atoms with van der Waals surface area (Å²) in [6.45, 7) is 4.65. The molecule has 10 rings (SSSR count). The van der Waals surface area contributed by atoms with Gasteiger partial charge < -0.3 is 58.4 Å². The molecule has 23 heteroatoms. The summed E-state index contributed by atoms with van der Waals surface area (Å²) in [5.74, 6) is 5.29. The summed E-state index contributed by atoms with van der Waals surface area (Å²) in [5, 5.41) is 5.46. The van der Waals surface area contributed by atoms with E-state index in [1.165, 1.54) is 0 Å². The lowest BCUT2D eigenvalue weighted by Gasteiger charge is -2.35. The van der Waals surface area contributed by atoms with Crippen LogP contribution in [0.15, 0.2) is 98.1 Å². The van der Waals surface area contributed by atoms with Gasteiger partial charge in [0.15, 0.2) is 23.1 Å². The fraction of sp³-hybridized carbons (Fsp3) is 0.240. The molecule has 0 spiro atoms. The second-order valence-corrected chi connectivity index (χ2v) is 18.4. The molecule has 0 bridgehead atoms. The Hall–Kier alpha value is -7.09. The molecule has 18 nitrogen and oxygen atoms in total. The number of ether oxygens (including phenoxy) is 6. The molecule has 4 aromatic carbocycles. The standard InChI is InChI=1S/C25H24Cl2N6O3.C14H12Cl3N3O2.C11H13N3O/c1-14-11-33(13-29-14)19-6-5-15(7-22(19)35-4)30-25-28-10-23-24(31-25)32(2)20(12-36-23)16-8-18(27)21(34-3)9-17(16)26;1-20-10(6-22-12-5-18-14(17)19-13(12)20)7-3-9(16)11(21-2)4-8(7)15;1-8-6-14(7-13-8)10-4-3-9(12)5-11(10)15-2/h5-11,13,20H,12H2,1-4H3,(H,28,30,31);3-5,10H,6H2,1-2H3;3-7H,12H2,1-2H3. The van der Waals surface area contributed by atoms with Gasteiger partial charge in [-0.1, -0.05) is 46.4 Å². The Bertz CT molecular complexity index is 3270. The first kappa shape index (κ1) is 52.2. The van der Waals surface area contributed by atoms with Gasteiger partial charge in [-0.25, -0.2) is 19.9 Å². The second-order valence-electron chi connectivity index (χ2n) is 16.4. The van der Waals surface area contributed by atoms with Crippen molar-refractivity contribution >= 4 is 87.0 Å². The van der Waals surface area contributed by atoms with Crippen molar-refractivity contribution in [1.29, 1.82) is 0 Å². The van der Waals surface area contributed by atoms with Crippen LogP contribution in [0.3, 0.4) is 0 Å². The average molecular weight is 1090 g/mol. The summed E-state index contributed by atoms with van der Waals surface area (Å²) in [5.41, 5.74) is 12.5. The van der Waals surface area contributed by atoms with E-state index in [0.717, 1.165) is 45.3 Å². The van der Waals surface area contributed by atoms with Crippen molar-refractivity contribution in [3.63, 3.8) is 0 Å². The molecule has 0 saturated heterocycles. The zero-order valence-corrected chi connectivity index (χ0v) is 44.5. The number of halogens is 5. The van der Waals surface area contributed by atoms with Crippen LogP contribution in [0.2, 0.25) is 25.4 Å². The minimum atomic E-state index is -0.200. The average Bonchev–Trinajstić information content (AvgIpc) is 4.03. The number of anilines is 5. The highest BCUT2D eigenvalue weighted by atomic mass is 35.5. The number of nitrogens with zero attached hydrogens (tertiary/aromatic N) is 10. The number of benzene rings is 4. The van der Waals surface area contributed by atoms with E-state index in [0.29, 0.717) is 85.3 Å². The Labute approximate surface area is 446 Å². The summed E-state index contributed by atoms with van der Waals surface area (Å²) in [4.78, 5) is 29.7. The molecule has 0 fully saturated rings. The van der Waals surface area contributed by atoms with Gasteiger partial charge in [-0.2, -0.15) is 9.97 Å². The molecule has 4 aromatic heterocycles. The number of methoxy groups -OCH3 is 4. The summed E-state index contributed by atoms with van der Waals surface area (Å²) in [6.07, 6.45) is 10.6. The van der Waals surface area contributed by atoms with Gasteiger partial charge in [0.2, 0.25) is 11.2 Å². The lowest BCUT2D eigenvalue weighted by atomic mass is 10.0. The maximum absolute atomic E-state index is 6.55. The molecule has 2 aliphatic rings. The van der Waals surface area contributed by atoms with E-state index >= 15 is 0 Å². The van der Waals surface area contributed by atoms with E-state index in [1.807, 2.05) is 89.6 Å². The first-order valence-corrected chi connectivity index (χ1v) is 24.1. The molecule has 0 aliphatic carbocycles. The molecular weight excluding hydrogens is 1040 g/mol. The molecule has 380 valence electrons. The van der Waals surface area contributed by atoms with Gasteiger partial charge in [0.05, 0.1) is 98.4 Å². The molecule has 0 saturated carbocycles. The number of hydrogen-bond acceptors (Lipinski definition) is 16. The van der Waals surface area contributed by atoms with Crippen LogP contribution in [-0.2, 0) is 0 Å². The highest BCUT2D eigenvalue weighted by Crippen LogP contribution is 2.44. The number of fused-ring (bicyclic) bond motifs is 2. The van der Waals surface area contributed by atoms with Gasteiger partial charge in [0.1, 0.15) is 36.2 Å². The largest absolute Gasteiger partial charge is 0.495 e. The van der Waals surface area contributed by atoms with Crippen LogP contribution < -0.4 is 49.3 Å². The topological polar surface area (TPSA) is 187 Å². The summed E-state index contributed by atoms with van der Waals surface area (Å²) in [7, 11) is 10.2. The van der Waals surface area contributed by atoms with E-state index in [9.17, 15) is 0 Å². The first-order valence-electron chi connectivity index (χ1n) is 22.2. The molecule has 8 aromatic rings. The smallest absolute Gasteiger partial charge is 0.229 e. The molecular formula is C50H49Cl5N12O6. The summed E-state index contributed by atoms with van der Waals surface area (Å²) >= 11 is 31.3. The normalized spacial score (nSPS) is 14.5. The number of nitrogen functional groups attached to an aromatic ring is 1. The quantitative estimate of drug-likeness (QED) is 0.0971. The Balaban J connectivity index is 0.000000162. The predicted molar refractivity (Wildman–Crippen MR) is 286 cm³/mol. The molecule has 0 radical (unpaired) electrons. The van der Waals surface area contributed by atoms with E-state index in [-0.39, 0.29) is 17.4 Å². The highest BCUT2D eigenvalue weighted by molar-refractivity contribution is 6.35. The third-order valence-corrected chi connectivity index (χ3v) is 13.1. The van der Waals surface area contributed by atoms with E-state index in [1.54, 1.807) is 83.8 Å². The van der Waals surface area contributed by atoms with E-state index in [2.05, 4.69) is 30.2 Å². The maximum Gasteiger partial charge on any atom is 0.229 e. The number of nitrogens with one attached hydrogen (secondary N) is 1. The second kappa shape index (κ2) is 22.8. The predicted octanol–water partition coefficient (Wildman–Crippen LogP) is 11.4. The Kier molecular flexibility index (Phi) is 16.3. The van der Waals surface area contributed by atoms with Crippen LogP contribution in [-0.4, -0.2) is 94.8 Å². The number of likely N-dealkylation sites (N-methyl/N-ethyl adjacent to an activating group) is 2. The van der Waals surface area contributed by atoms with Crippen LogP contribution in [0.1, 0.15) is 34.6 Å². The van der Waals surface area contributed by atoms with Crippen LogP contribution in [0.25, 0.3) is 11.4 Å². The van der Waals surface area contributed by atoms with Gasteiger partial charge in [-0.15, -0.1) is 0 Å². The maximum atomic E-state index is 6.55. The number of aromatic nitrogens is 8. The Morgan fingerprint density at radius 3 is 1.55 bits per heavy atom. The number of hydrogen-bond donors (Lipinski definition) is 2. The minimum absolute atomic E-state index is 0.144. The summed E-state index contributed by atoms with van der Waals surface area (Å²) < 4.78 is 36.8. The van der Waals surface area contributed by atoms with Gasteiger partial charge in [-0.05, 0) is 73.0 Å². The zero-order valence-electron chi connectivity index (χ0n) is 40.7. The molecule has 3 N–H and O–H groups in total. The van der Waals surface area contributed by atoms with Crippen molar-refractivity contribution in [2.24, 2.45) is 0 Å². The highest BCUT2D eigenvalue weighted by Gasteiger charge is 2.32. The fourth-order valence-electron chi connectivity index (χ4n) is 7.95. The Morgan fingerprint density at radius 1 is 0.575 bits per heavy atom. The van der Waals surface area contributed by atoms with Crippen molar-refractivity contribution in [1.82, 2.24) is 39.0 Å². The van der Waals surface area contributed by atoms with E-state index in [4.69, 9.17) is 97.1 Å². The van der Waals surface area contributed by atoms with Gasteiger partial charge in [-0.3, -0.25) is 0 Å². The van der Waals surface area contributed by atoms with Crippen molar-refractivity contribution in [3.05, 3.63) is 146 Å². The number of rotatable bonds is 10. The Morgan fingerprint density at radius 2 is 1.05 bits per heavy atom. The van der Waals surface area contributed by atoms with Crippen molar-refractivity contribution in [3.8, 4) is 45.9 Å². The first-order chi connectivity index (χ1) is 35.1. The van der Waals surface area contributed by atoms with Crippen LogP contribution >= 0.6 is 58.0 Å². The monoisotopic (exact) mass is 1090 g/mol. The number of imidazole rings is 2. The van der Waals surface area contributed by atoms with Crippen molar-refractivity contribution in [2.75, 3.05) is 76.6 Å². The van der Waals surface area contributed by atoms with Crippen LogP contribution in [0.4, 0.5) is 29.0 Å². The van der Waals surface area contributed by atoms with Crippen LogP contribution in [0, 0.1) is 13.8 Å². The number of aryl methyl sites for hydroxylation is 2. The minimum Gasteiger partial charge on any atom is -0.495 e. The van der Waals surface area contributed by atoms with Gasteiger partial charge >= 0.3 is 0 Å². The SMILES string of the molecule is COc1cc(Cl)c(C2COc3cnc(Cl)nc3N2C)cc1Cl.COc1cc(Cl)c(C2COc3cnc(Nc4ccc(-n5cnc(C)c5)c(OC)c4)nc3N2C)cc1Cl.COc1cc(N)ccc1-n1cnc(C)c1. The van der Waals surface area contributed by atoms with Crippen molar-refractivity contribution < 1.29 is 28.4 Å². The molecule has 73 heavy (non-hydrogen) atoms.